The Kier molecular flexibility index (Phi) is 3.85. The Hall–Kier alpha value is -1.48. The van der Waals surface area contributed by atoms with Crippen LogP contribution in [0, 0.1) is 19.7 Å². The van der Waals surface area contributed by atoms with E-state index in [1.54, 1.807) is 6.07 Å². The summed E-state index contributed by atoms with van der Waals surface area (Å²) in [7, 11) is 0. The molecular formula is C15H16ClFN2. The Balaban J connectivity index is 2.67. The Morgan fingerprint density at radius 1 is 1.16 bits per heavy atom. The van der Waals surface area contributed by atoms with Gasteiger partial charge < -0.3 is 0 Å². The molecule has 19 heavy (non-hydrogen) atoms. The maximum atomic E-state index is 13.2. The van der Waals surface area contributed by atoms with Crippen LogP contribution in [0.3, 0.4) is 0 Å². The monoisotopic (exact) mass is 278 g/mol. The highest BCUT2D eigenvalue weighted by atomic mass is 35.5. The molecule has 0 aliphatic heterocycles. The van der Waals surface area contributed by atoms with Gasteiger partial charge in [-0.25, -0.2) is 14.4 Å². The predicted molar refractivity (Wildman–Crippen MR) is 76.0 cm³/mol. The topological polar surface area (TPSA) is 25.8 Å². The lowest BCUT2D eigenvalue weighted by molar-refractivity contribution is 0.627. The highest BCUT2D eigenvalue weighted by Crippen LogP contribution is 2.29. The number of halogens is 2. The van der Waals surface area contributed by atoms with E-state index in [1.165, 1.54) is 12.1 Å². The first kappa shape index (κ1) is 13.9. The number of benzene rings is 1. The summed E-state index contributed by atoms with van der Waals surface area (Å²) in [6, 6.07) is 4.67. The standard InChI is InChI=1S/C15H16ClFN2/c1-8(2)15-18-13(10(4)14(16)19-15)12-6-5-11(17)7-9(12)3/h5-8H,1-4H3. The van der Waals surface area contributed by atoms with E-state index in [-0.39, 0.29) is 11.7 Å². The van der Waals surface area contributed by atoms with Crippen molar-refractivity contribution in [2.24, 2.45) is 0 Å². The summed E-state index contributed by atoms with van der Waals surface area (Å²) in [5, 5.41) is 0.456. The van der Waals surface area contributed by atoms with Crippen LogP contribution in [-0.4, -0.2) is 9.97 Å². The van der Waals surface area contributed by atoms with Gasteiger partial charge in [-0.05, 0) is 37.6 Å². The molecule has 0 aliphatic carbocycles. The smallest absolute Gasteiger partial charge is 0.136 e. The van der Waals surface area contributed by atoms with Crippen molar-refractivity contribution in [1.82, 2.24) is 9.97 Å². The Labute approximate surface area is 117 Å². The highest BCUT2D eigenvalue weighted by molar-refractivity contribution is 6.30. The van der Waals surface area contributed by atoms with Crippen LogP contribution in [0.5, 0.6) is 0 Å². The predicted octanol–water partition coefficient (Wildman–Crippen LogP) is 4.68. The Morgan fingerprint density at radius 3 is 2.42 bits per heavy atom. The molecular weight excluding hydrogens is 263 g/mol. The molecule has 2 nitrogen and oxygen atoms in total. The molecule has 0 saturated carbocycles. The molecule has 0 spiro atoms. The van der Waals surface area contributed by atoms with Gasteiger partial charge in [-0.15, -0.1) is 0 Å². The molecule has 0 saturated heterocycles. The molecule has 0 fully saturated rings. The lowest BCUT2D eigenvalue weighted by atomic mass is 10.0. The molecule has 0 N–H and O–H groups in total. The molecule has 100 valence electrons. The summed E-state index contributed by atoms with van der Waals surface area (Å²) in [5.74, 6) is 0.648. The van der Waals surface area contributed by atoms with E-state index in [0.29, 0.717) is 11.0 Å². The first-order valence-electron chi connectivity index (χ1n) is 6.20. The van der Waals surface area contributed by atoms with Gasteiger partial charge >= 0.3 is 0 Å². The molecule has 0 unspecified atom stereocenters. The second-order valence-corrected chi connectivity index (χ2v) is 5.32. The van der Waals surface area contributed by atoms with E-state index in [9.17, 15) is 4.39 Å². The van der Waals surface area contributed by atoms with Gasteiger partial charge in [-0.3, -0.25) is 0 Å². The minimum absolute atomic E-state index is 0.192. The Morgan fingerprint density at radius 2 is 1.84 bits per heavy atom. The van der Waals surface area contributed by atoms with Crippen molar-refractivity contribution in [3.63, 3.8) is 0 Å². The summed E-state index contributed by atoms with van der Waals surface area (Å²) in [5.41, 5.74) is 3.33. The van der Waals surface area contributed by atoms with Crippen LogP contribution in [0.2, 0.25) is 5.15 Å². The fraction of sp³-hybridized carbons (Fsp3) is 0.333. The Bertz CT molecular complexity index is 624. The van der Waals surface area contributed by atoms with E-state index in [0.717, 1.165) is 22.4 Å². The largest absolute Gasteiger partial charge is 0.232 e. The average molecular weight is 279 g/mol. The molecule has 0 aliphatic rings. The summed E-state index contributed by atoms with van der Waals surface area (Å²) < 4.78 is 13.2. The minimum Gasteiger partial charge on any atom is -0.232 e. The van der Waals surface area contributed by atoms with Crippen LogP contribution >= 0.6 is 11.6 Å². The first-order valence-corrected chi connectivity index (χ1v) is 6.58. The second-order valence-electron chi connectivity index (χ2n) is 4.96. The van der Waals surface area contributed by atoms with Gasteiger partial charge in [0.15, 0.2) is 0 Å². The molecule has 2 aromatic rings. The summed E-state index contributed by atoms with van der Waals surface area (Å²) in [4.78, 5) is 8.86. The third-order valence-electron chi connectivity index (χ3n) is 3.06. The summed E-state index contributed by atoms with van der Waals surface area (Å²) >= 11 is 6.17. The van der Waals surface area contributed by atoms with Crippen molar-refractivity contribution in [3.8, 4) is 11.3 Å². The van der Waals surface area contributed by atoms with Crippen molar-refractivity contribution >= 4 is 11.6 Å². The fourth-order valence-corrected chi connectivity index (χ4v) is 2.09. The number of rotatable bonds is 2. The normalized spacial score (nSPS) is 11.1. The van der Waals surface area contributed by atoms with Gasteiger partial charge in [-0.1, -0.05) is 25.4 Å². The van der Waals surface area contributed by atoms with Gasteiger partial charge in [0.05, 0.1) is 5.69 Å². The molecule has 1 heterocycles. The highest BCUT2D eigenvalue weighted by Gasteiger charge is 2.15. The lowest BCUT2D eigenvalue weighted by Crippen LogP contribution is -2.03. The number of nitrogens with zero attached hydrogens (tertiary/aromatic N) is 2. The van der Waals surface area contributed by atoms with Crippen LogP contribution in [0.4, 0.5) is 4.39 Å². The van der Waals surface area contributed by atoms with Gasteiger partial charge in [0.1, 0.15) is 16.8 Å². The SMILES string of the molecule is Cc1cc(F)ccc1-c1nc(C(C)C)nc(Cl)c1C. The van der Waals surface area contributed by atoms with Crippen LogP contribution in [0.15, 0.2) is 18.2 Å². The lowest BCUT2D eigenvalue weighted by Gasteiger charge is -2.13. The van der Waals surface area contributed by atoms with Crippen molar-refractivity contribution in [1.29, 1.82) is 0 Å². The third kappa shape index (κ3) is 2.76. The van der Waals surface area contributed by atoms with Crippen LogP contribution in [0.25, 0.3) is 11.3 Å². The zero-order chi connectivity index (χ0) is 14.2. The van der Waals surface area contributed by atoms with Crippen molar-refractivity contribution < 1.29 is 4.39 Å². The van der Waals surface area contributed by atoms with E-state index >= 15 is 0 Å². The second kappa shape index (κ2) is 5.25. The van der Waals surface area contributed by atoms with Crippen molar-refractivity contribution in [3.05, 3.63) is 46.1 Å². The number of aromatic nitrogens is 2. The molecule has 0 amide bonds. The molecule has 4 heteroatoms. The first-order chi connectivity index (χ1) is 8.90. The maximum Gasteiger partial charge on any atom is 0.136 e. The van der Waals surface area contributed by atoms with Gasteiger partial charge in [-0.2, -0.15) is 0 Å². The van der Waals surface area contributed by atoms with E-state index in [4.69, 9.17) is 11.6 Å². The van der Waals surface area contributed by atoms with Gasteiger partial charge in [0, 0.05) is 17.0 Å². The molecule has 1 aromatic heterocycles. The van der Waals surface area contributed by atoms with E-state index < -0.39 is 0 Å². The molecule has 1 aromatic carbocycles. The van der Waals surface area contributed by atoms with E-state index in [1.807, 2.05) is 27.7 Å². The number of aryl methyl sites for hydroxylation is 1. The maximum absolute atomic E-state index is 13.2. The van der Waals surface area contributed by atoms with Crippen LogP contribution in [-0.2, 0) is 0 Å². The minimum atomic E-state index is -0.247. The number of hydrogen-bond donors (Lipinski definition) is 0. The van der Waals surface area contributed by atoms with E-state index in [2.05, 4.69) is 9.97 Å². The van der Waals surface area contributed by atoms with Gasteiger partial charge in [0.2, 0.25) is 0 Å². The van der Waals surface area contributed by atoms with Crippen LogP contribution < -0.4 is 0 Å². The fourth-order valence-electron chi connectivity index (χ4n) is 1.92. The van der Waals surface area contributed by atoms with Crippen LogP contribution in [0.1, 0.15) is 36.7 Å². The molecule has 0 bridgehead atoms. The summed E-state index contributed by atoms with van der Waals surface area (Å²) in [6.45, 7) is 7.78. The van der Waals surface area contributed by atoms with Gasteiger partial charge in [0.25, 0.3) is 0 Å². The number of hydrogen-bond acceptors (Lipinski definition) is 2. The third-order valence-corrected chi connectivity index (χ3v) is 3.43. The zero-order valence-electron chi connectivity index (χ0n) is 11.5. The van der Waals surface area contributed by atoms with Crippen molar-refractivity contribution in [2.45, 2.75) is 33.6 Å². The molecule has 2 rings (SSSR count). The molecule has 0 radical (unpaired) electrons. The zero-order valence-corrected chi connectivity index (χ0v) is 12.2. The van der Waals surface area contributed by atoms with Crippen molar-refractivity contribution in [2.75, 3.05) is 0 Å². The average Bonchev–Trinajstić information content (AvgIpc) is 2.33. The molecule has 0 atom stereocenters. The summed E-state index contributed by atoms with van der Waals surface area (Å²) in [6.07, 6.45) is 0. The quantitative estimate of drug-likeness (QED) is 0.746.